The molecule has 2 fully saturated rings. The molecule has 7 nitrogen and oxygen atoms in total. The lowest BCUT2D eigenvalue weighted by Gasteiger charge is -2.30. The first kappa shape index (κ1) is 19.8. The maximum absolute atomic E-state index is 12.5. The minimum atomic E-state index is -0.0550. The molecule has 0 saturated carbocycles. The van der Waals surface area contributed by atoms with Crippen molar-refractivity contribution in [2.24, 2.45) is 0 Å². The molecule has 0 unspecified atom stereocenters. The summed E-state index contributed by atoms with van der Waals surface area (Å²) in [6, 6.07) is 0.533. The van der Waals surface area contributed by atoms with E-state index in [0.29, 0.717) is 44.3 Å². The van der Waals surface area contributed by atoms with Crippen LogP contribution in [0.3, 0.4) is 0 Å². The van der Waals surface area contributed by atoms with Gasteiger partial charge in [0.1, 0.15) is 0 Å². The number of likely N-dealkylation sites (tertiary alicyclic amines) is 1. The molecule has 8 heteroatoms. The highest BCUT2D eigenvalue weighted by Crippen LogP contribution is 2.27. The van der Waals surface area contributed by atoms with E-state index in [4.69, 9.17) is 4.74 Å². The molecular weight excluding hydrogens is 376 g/mol. The third kappa shape index (κ3) is 4.39. The second-order valence-corrected chi connectivity index (χ2v) is 9.14. The van der Waals surface area contributed by atoms with Crippen LogP contribution >= 0.6 is 11.3 Å². The fourth-order valence-corrected chi connectivity index (χ4v) is 5.53. The Labute approximate surface area is 170 Å². The highest BCUT2D eigenvalue weighted by atomic mass is 32.1. The van der Waals surface area contributed by atoms with Crippen LogP contribution in [0, 0.1) is 0 Å². The molecule has 2 atom stereocenters. The summed E-state index contributed by atoms with van der Waals surface area (Å²) in [7, 11) is 2.07. The number of fused-ring (bicyclic) bond motifs is 1. The zero-order chi connectivity index (χ0) is 19.5. The zero-order valence-electron chi connectivity index (χ0n) is 16.6. The van der Waals surface area contributed by atoms with E-state index >= 15 is 0 Å². The van der Waals surface area contributed by atoms with Crippen molar-refractivity contribution in [2.75, 3.05) is 39.9 Å². The molecule has 1 aromatic heterocycles. The average Bonchev–Trinajstić information content (AvgIpc) is 3.31. The summed E-state index contributed by atoms with van der Waals surface area (Å²) in [6.07, 6.45) is 7.00. The molecule has 1 aliphatic carbocycles. The number of hydrogen-bond acceptors (Lipinski definition) is 6. The number of rotatable bonds is 5. The first-order chi connectivity index (χ1) is 13.6. The van der Waals surface area contributed by atoms with Crippen LogP contribution in [0.15, 0.2) is 0 Å². The van der Waals surface area contributed by atoms with E-state index in [-0.39, 0.29) is 23.9 Å². The van der Waals surface area contributed by atoms with E-state index in [1.807, 2.05) is 4.90 Å². The van der Waals surface area contributed by atoms with Gasteiger partial charge in [0, 0.05) is 43.0 Å². The maximum atomic E-state index is 12.5. The fourth-order valence-electron chi connectivity index (χ4n) is 4.46. The highest BCUT2D eigenvalue weighted by molar-refractivity contribution is 7.13. The lowest BCUT2D eigenvalue weighted by atomic mass is 10.0. The number of thiazole rings is 1. The summed E-state index contributed by atoms with van der Waals surface area (Å²) in [5.74, 6) is 0.166. The van der Waals surface area contributed by atoms with Crippen LogP contribution in [-0.2, 0) is 22.4 Å². The molecule has 1 N–H and O–H groups in total. The summed E-state index contributed by atoms with van der Waals surface area (Å²) in [5, 5.41) is 3.68. The first-order valence-corrected chi connectivity index (χ1v) is 11.3. The van der Waals surface area contributed by atoms with Gasteiger partial charge in [-0.25, -0.2) is 4.98 Å². The van der Waals surface area contributed by atoms with Crippen LogP contribution in [0.5, 0.6) is 0 Å². The Balaban J connectivity index is 1.25. The van der Waals surface area contributed by atoms with Crippen molar-refractivity contribution in [1.82, 2.24) is 20.1 Å². The normalized spacial score (nSPS) is 25.5. The zero-order valence-corrected chi connectivity index (χ0v) is 17.4. The Morgan fingerprint density at radius 2 is 1.93 bits per heavy atom. The Bertz CT molecular complexity index is 693. The Morgan fingerprint density at radius 1 is 1.18 bits per heavy atom. The molecule has 154 valence electrons. The summed E-state index contributed by atoms with van der Waals surface area (Å²) < 4.78 is 5.33. The van der Waals surface area contributed by atoms with Gasteiger partial charge >= 0.3 is 0 Å². The molecule has 4 rings (SSSR count). The van der Waals surface area contributed by atoms with Crippen molar-refractivity contribution < 1.29 is 14.3 Å². The van der Waals surface area contributed by atoms with E-state index in [9.17, 15) is 9.59 Å². The molecular formula is C20H30N4O3S. The van der Waals surface area contributed by atoms with E-state index in [1.54, 1.807) is 11.3 Å². The van der Waals surface area contributed by atoms with Gasteiger partial charge in [-0.1, -0.05) is 0 Å². The van der Waals surface area contributed by atoms with Crippen LogP contribution in [0.1, 0.15) is 52.5 Å². The molecule has 0 aromatic carbocycles. The van der Waals surface area contributed by atoms with Gasteiger partial charge < -0.3 is 15.0 Å². The number of likely N-dealkylation sites (N-methyl/N-ethyl adjacent to an activating group) is 1. The quantitative estimate of drug-likeness (QED) is 0.801. The number of amides is 2. The van der Waals surface area contributed by atoms with Crippen molar-refractivity contribution in [1.29, 1.82) is 0 Å². The Kier molecular flexibility index (Phi) is 6.28. The first-order valence-electron chi connectivity index (χ1n) is 10.5. The number of hydrogen-bond donors (Lipinski definition) is 1. The molecule has 2 amide bonds. The van der Waals surface area contributed by atoms with Crippen molar-refractivity contribution in [2.45, 2.75) is 57.0 Å². The van der Waals surface area contributed by atoms with Crippen LogP contribution in [0.25, 0.3) is 0 Å². The van der Waals surface area contributed by atoms with Crippen LogP contribution in [0.4, 0.5) is 0 Å². The van der Waals surface area contributed by atoms with Gasteiger partial charge in [-0.3, -0.25) is 14.5 Å². The highest BCUT2D eigenvalue weighted by Gasteiger charge is 2.33. The fraction of sp³-hybridized carbons (Fsp3) is 0.750. The summed E-state index contributed by atoms with van der Waals surface area (Å²) in [6.45, 7) is 3.29. The monoisotopic (exact) mass is 406 g/mol. The summed E-state index contributed by atoms with van der Waals surface area (Å²) in [5.41, 5.74) is 1.13. The predicted molar refractivity (Wildman–Crippen MR) is 108 cm³/mol. The molecule has 2 aliphatic heterocycles. The van der Waals surface area contributed by atoms with Gasteiger partial charge in [0.15, 0.2) is 5.01 Å². The van der Waals surface area contributed by atoms with Gasteiger partial charge in [-0.05, 0) is 45.6 Å². The third-order valence-corrected chi connectivity index (χ3v) is 7.45. The van der Waals surface area contributed by atoms with E-state index < -0.39 is 0 Å². The van der Waals surface area contributed by atoms with Crippen LogP contribution < -0.4 is 5.32 Å². The maximum Gasteiger partial charge on any atom is 0.280 e. The van der Waals surface area contributed by atoms with Gasteiger partial charge in [0.2, 0.25) is 5.91 Å². The minimum absolute atomic E-state index is 0.0550. The lowest BCUT2D eigenvalue weighted by molar-refractivity contribution is -0.136. The molecule has 0 radical (unpaired) electrons. The molecule has 3 heterocycles. The number of morpholine rings is 1. The molecule has 28 heavy (non-hydrogen) atoms. The number of nitrogens with zero attached hydrogens (tertiary/aromatic N) is 3. The van der Waals surface area contributed by atoms with Crippen LogP contribution in [0.2, 0.25) is 0 Å². The number of carbonyl (C=O) groups is 2. The van der Waals surface area contributed by atoms with Crippen molar-refractivity contribution in [3.8, 4) is 0 Å². The van der Waals surface area contributed by atoms with Gasteiger partial charge in [-0.2, -0.15) is 0 Å². The molecule has 1 aromatic rings. The largest absolute Gasteiger partial charge is 0.378 e. The smallest absolute Gasteiger partial charge is 0.280 e. The number of nitrogens with one attached hydrogen (secondary N) is 1. The number of aromatic nitrogens is 1. The predicted octanol–water partition coefficient (Wildman–Crippen LogP) is 1.46. The van der Waals surface area contributed by atoms with Gasteiger partial charge in [0.25, 0.3) is 5.91 Å². The summed E-state index contributed by atoms with van der Waals surface area (Å²) >= 11 is 1.55. The van der Waals surface area contributed by atoms with Crippen molar-refractivity contribution in [3.05, 3.63) is 15.6 Å². The topological polar surface area (TPSA) is 74.8 Å². The lowest BCUT2D eigenvalue weighted by Crippen LogP contribution is -2.45. The molecule has 0 spiro atoms. The van der Waals surface area contributed by atoms with Gasteiger partial charge in [0.05, 0.1) is 18.9 Å². The van der Waals surface area contributed by atoms with Crippen LogP contribution in [-0.4, -0.2) is 78.6 Å². The molecule has 0 bridgehead atoms. The van der Waals surface area contributed by atoms with Crippen molar-refractivity contribution >= 4 is 23.2 Å². The van der Waals surface area contributed by atoms with E-state index in [1.165, 1.54) is 17.7 Å². The number of ether oxygens (including phenoxy) is 1. The second kappa shape index (κ2) is 8.88. The van der Waals surface area contributed by atoms with E-state index in [0.717, 1.165) is 31.4 Å². The number of carbonyl (C=O) groups excluding carboxylic acids is 2. The Hall–Kier alpha value is -1.51. The van der Waals surface area contributed by atoms with Gasteiger partial charge in [-0.15, -0.1) is 11.3 Å². The standard InChI is InChI=1S/C20H30N4O3S/c1-23-14(12-18(25)24-8-10-27-11-9-24)6-7-15(23)13-21-19(26)20-22-16-4-2-3-5-17(16)28-20/h14-15H,2-13H2,1H3,(H,21,26)/t14-,15+/m1/s1. The SMILES string of the molecule is CN1[C@@H](CC(=O)N2CCOCC2)CC[C@H]1CNC(=O)c1nc2c(s1)CCCC2. The summed E-state index contributed by atoms with van der Waals surface area (Å²) in [4.78, 5) is 35.1. The van der Waals surface area contributed by atoms with E-state index in [2.05, 4.69) is 22.2 Å². The van der Waals surface area contributed by atoms with Crippen molar-refractivity contribution in [3.63, 3.8) is 0 Å². The average molecular weight is 407 g/mol. The third-order valence-electron chi connectivity index (χ3n) is 6.30. The second-order valence-electron chi connectivity index (χ2n) is 8.05. The minimum Gasteiger partial charge on any atom is -0.378 e. The molecule has 2 saturated heterocycles. The Morgan fingerprint density at radius 3 is 2.71 bits per heavy atom. The molecule has 3 aliphatic rings. The number of aryl methyl sites for hydroxylation is 2.